The van der Waals surface area contributed by atoms with Crippen molar-refractivity contribution < 1.29 is 18.9 Å². The van der Waals surface area contributed by atoms with Crippen LogP contribution in [0.15, 0.2) is 29.1 Å². The second-order valence-electron chi connectivity index (χ2n) is 6.31. The molecule has 140 valence electrons. The molecule has 0 spiro atoms. The van der Waals surface area contributed by atoms with Gasteiger partial charge in [0.1, 0.15) is 24.5 Å². The van der Waals surface area contributed by atoms with Gasteiger partial charge in [0.25, 0.3) is 0 Å². The lowest BCUT2D eigenvalue weighted by atomic mass is 9.97. The first-order chi connectivity index (χ1) is 13.2. The van der Waals surface area contributed by atoms with Gasteiger partial charge in [-0.1, -0.05) is 0 Å². The standard InChI is InChI=1S/C19H19N3O5/c20-4-6-25-14-1-2-16-13(9-14)3-5-22-17(16)10-18(21-19(22)23)27-12-15-11-24-7-8-26-15/h1-2,9-10,15H,3,5-8,11-12H2. The summed E-state index contributed by atoms with van der Waals surface area (Å²) >= 11 is 0. The van der Waals surface area contributed by atoms with Crippen molar-refractivity contribution in [3.05, 3.63) is 40.3 Å². The highest BCUT2D eigenvalue weighted by atomic mass is 16.6. The number of aryl methyl sites for hydroxylation is 1. The molecule has 1 atom stereocenters. The molecule has 0 bridgehead atoms. The van der Waals surface area contributed by atoms with E-state index >= 15 is 0 Å². The van der Waals surface area contributed by atoms with Gasteiger partial charge >= 0.3 is 5.69 Å². The van der Waals surface area contributed by atoms with Crippen molar-refractivity contribution in [1.29, 1.82) is 5.26 Å². The number of benzene rings is 1. The van der Waals surface area contributed by atoms with Crippen molar-refractivity contribution in [2.75, 3.05) is 33.0 Å². The summed E-state index contributed by atoms with van der Waals surface area (Å²) < 4.78 is 23.6. The Morgan fingerprint density at radius 3 is 3.04 bits per heavy atom. The van der Waals surface area contributed by atoms with Gasteiger partial charge in [-0.2, -0.15) is 10.2 Å². The minimum absolute atomic E-state index is 0.00366. The van der Waals surface area contributed by atoms with Gasteiger partial charge in [0.05, 0.1) is 25.5 Å². The van der Waals surface area contributed by atoms with Gasteiger partial charge < -0.3 is 18.9 Å². The highest BCUT2D eigenvalue weighted by Crippen LogP contribution is 2.32. The first-order valence-corrected chi connectivity index (χ1v) is 8.81. The lowest BCUT2D eigenvalue weighted by Crippen LogP contribution is -2.34. The maximum Gasteiger partial charge on any atom is 0.351 e. The van der Waals surface area contributed by atoms with Crippen molar-refractivity contribution in [2.24, 2.45) is 0 Å². The molecule has 3 heterocycles. The first-order valence-electron chi connectivity index (χ1n) is 8.81. The van der Waals surface area contributed by atoms with Gasteiger partial charge in [-0.25, -0.2) is 4.79 Å². The fourth-order valence-electron chi connectivity index (χ4n) is 3.27. The van der Waals surface area contributed by atoms with E-state index in [4.69, 9.17) is 24.2 Å². The third kappa shape index (κ3) is 3.79. The van der Waals surface area contributed by atoms with E-state index < -0.39 is 0 Å². The normalized spacial score (nSPS) is 18.1. The molecule has 1 fully saturated rings. The van der Waals surface area contributed by atoms with Crippen molar-refractivity contribution in [3.63, 3.8) is 0 Å². The minimum atomic E-state index is -0.334. The van der Waals surface area contributed by atoms with Crippen LogP contribution in [-0.2, 0) is 22.4 Å². The first kappa shape index (κ1) is 17.5. The Bertz CT molecular complexity index is 928. The third-order valence-electron chi connectivity index (χ3n) is 4.55. The summed E-state index contributed by atoms with van der Waals surface area (Å²) in [6.07, 6.45) is 0.535. The Kier molecular flexibility index (Phi) is 5.05. The predicted octanol–water partition coefficient (Wildman–Crippen LogP) is 1.16. The molecule has 8 heteroatoms. The van der Waals surface area contributed by atoms with Crippen LogP contribution in [0.25, 0.3) is 11.3 Å². The van der Waals surface area contributed by atoms with E-state index in [2.05, 4.69) is 4.98 Å². The number of rotatable bonds is 5. The topological polar surface area (TPSA) is 95.6 Å². The Balaban J connectivity index is 1.58. The summed E-state index contributed by atoms with van der Waals surface area (Å²) in [5, 5.41) is 8.65. The second kappa shape index (κ2) is 7.78. The Morgan fingerprint density at radius 2 is 2.22 bits per heavy atom. The number of hydrogen-bond acceptors (Lipinski definition) is 7. The van der Waals surface area contributed by atoms with Gasteiger partial charge in [0, 0.05) is 18.2 Å². The number of nitriles is 1. The number of aromatic nitrogens is 2. The molecular weight excluding hydrogens is 350 g/mol. The fraction of sp³-hybridized carbons (Fsp3) is 0.421. The molecule has 0 radical (unpaired) electrons. The maximum atomic E-state index is 12.4. The monoisotopic (exact) mass is 369 g/mol. The van der Waals surface area contributed by atoms with Crippen LogP contribution in [0.5, 0.6) is 11.6 Å². The molecule has 27 heavy (non-hydrogen) atoms. The van der Waals surface area contributed by atoms with E-state index in [0.29, 0.717) is 38.5 Å². The lowest BCUT2D eigenvalue weighted by molar-refractivity contribution is -0.102. The quantitative estimate of drug-likeness (QED) is 0.780. The summed E-state index contributed by atoms with van der Waals surface area (Å²) in [6, 6.07) is 9.34. The van der Waals surface area contributed by atoms with Crippen molar-refractivity contribution in [2.45, 2.75) is 19.1 Å². The molecule has 2 aliphatic rings. The van der Waals surface area contributed by atoms with Gasteiger partial charge in [-0.3, -0.25) is 4.57 Å². The Hall–Kier alpha value is -2.89. The summed E-state index contributed by atoms with van der Waals surface area (Å²) in [7, 11) is 0. The van der Waals surface area contributed by atoms with Crippen molar-refractivity contribution >= 4 is 0 Å². The summed E-state index contributed by atoms with van der Waals surface area (Å²) in [5.74, 6) is 0.921. The van der Waals surface area contributed by atoms with Crippen LogP contribution < -0.4 is 15.2 Å². The molecule has 4 rings (SSSR count). The molecule has 0 saturated carbocycles. The zero-order valence-corrected chi connectivity index (χ0v) is 14.7. The van der Waals surface area contributed by atoms with E-state index in [1.165, 1.54) is 0 Å². The largest absolute Gasteiger partial charge is 0.479 e. The number of ether oxygens (including phenoxy) is 4. The molecule has 0 N–H and O–H groups in total. The molecule has 1 aromatic carbocycles. The molecule has 0 aliphatic carbocycles. The fourth-order valence-corrected chi connectivity index (χ4v) is 3.27. The third-order valence-corrected chi connectivity index (χ3v) is 4.55. The van der Waals surface area contributed by atoms with Gasteiger partial charge in [0.2, 0.25) is 5.88 Å². The molecule has 8 nitrogen and oxygen atoms in total. The van der Waals surface area contributed by atoms with Crippen LogP contribution in [0, 0.1) is 11.3 Å². The van der Waals surface area contributed by atoms with Gasteiger partial charge in [-0.05, 0) is 30.2 Å². The summed E-state index contributed by atoms with van der Waals surface area (Å²) in [6.45, 7) is 2.42. The van der Waals surface area contributed by atoms with Gasteiger partial charge in [-0.15, -0.1) is 0 Å². The highest BCUT2D eigenvalue weighted by molar-refractivity contribution is 5.67. The molecule has 2 aromatic rings. The van der Waals surface area contributed by atoms with Crippen LogP contribution >= 0.6 is 0 Å². The lowest BCUT2D eigenvalue weighted by Gasteiger charge is -2.24. The number of hydrogen-bond donors (Lipinski definition) is 0. The molecule has 1 unspecified atom stereocenters. The zero-order chi connectivity index (χ0) is 18.6. The van der Waals surface area contributed by atoms with Crippen molar-refractivity contribution in [3.8, 4) is 29.0 Å². The second-order valence-corrected chi connectivity index (χ2v) is 6.31. The molecular formula is C19H19N3O5. The van der Waals surface area contributed by atoms with E-state index in [9.17, 15) is 4.79 Å². The predicted molar refractivity (Wildman–Crippen MR) is 94.8 cm³/mol. The highest BCUT2D eigenvalue weighted by Gasteiger charge is 2.21. The summed E-state index contributed by atoms with van der Waals surface area (Å²) in [4.78, 5) is 16.4. The average molecular weight is 369 g/mol. The number of nitrogens with zero attached hydrogens (tertiary/aromatic N) is 3. The maximum absolute atomic E-state index is 12.4. The molecule has 2 aliphatic heterocycles. The molecule has 0 amide bonds. The van der Waals surface area contributed by atoms with E-state index in [1.54, 1.807) is 16.7 Å². The Labute approximate surface area is 155 Å². The van der Waals surface area contributed by atoms with Gasteiger partial charge in [0.15, 0.2) is 6.61 Å². The molecule has 1 saturated heterocycles. The van der Waals surface area contributed by atoms with Crippen LogP contribution in [0.2, 0.25) is 0 Å². The van der Waals surface area contributed by atoms with Crippen LogP contribution in [0.3, 0.4) is 0 Å². The molecule has 1 aromatic heterocycles. The van der Waals surface area contributed by atoms with E-state index in [-0.39, 0.29) is 30.9 Å². The summed E-state index contributed by atoms with van der Waals surface area (Å²) in [5.41, 5.74) is 2.43. The van der Waals surface area contributed by atoms with Crippen LogP contribution in [0.1, 0.15) is 5.56 Å². The zero-order valence-electron chi connectivity index (χ0n) is 14.7. The van der Waals surface area contributed by atoms with Crippen molar-refractivity contribution in [1.82, 2.24) is 9.55 Å². The average Bonchev–Trinajstić information content (AvgIpc) is 2.71. The van der Waals surface area contributed by atoms with Crippen LogP contribution in [0.4, 0.5) is 0 Å². The van der Waals surface area contributed by atoms with E-state index in [1.807, 2.05) is 18.2 Å². The minimum Gasteiger partial charge on any atom is -0.479 e. The smallest absolute Gasteiger partial charge is 0.351 e. The van der Waals surface area contributed by atoms with Crippen LogP contribution in [-0.4, -0.2) is 48.7 Å². The Morgan fingerprint density at radius 1 is 1.30 bits per heavy atom. The number of fused-ring (bicyclic) bond motifs is 3. The SMILES string of the molecule is N#CCOc1ccc2c(c1)CCn1c-2cc(OCC2COCCO2)nc1=O. The van der Waals surface area contributed by atoms with E-state index in [0.717, 1.165) is 16.8 Å².